The summed E-state index contributed by atoms with van der Waals surface area (Å²) in [6, 6.07) is 9.69. The van der Waals surface area contributed by atoms with Crippen LogP contribution in [0.1, 0.15) is 12.6 Å². The van der Waals surface area contributed by atoms with Crippen LogP contribution >= 0.6 is 0 Å². The van der Waals surface area contributed by atoms with Gasteiger partial charge in [0, 0.05) is 0 Å². The Morgan fingerprint density at radius 1 is 1.15 bits per heavy atom. The lowest BCUT2D eigenvalue weighted by Gasteiger charge is -2.04. The van der Waals surface area contributed by atoms with Gasteiger partial charge in [-0.05, 0) is 12.0 Å². The maximum absolute atomic E-state index is 12.5. The number of benzene rings is 1. The first kappa shape index (κ1) is 15.9. The third-order valence-corrected chi connectivity index (χ3v) is 4.08. The number of carbonyl (C=O) groups is 1. The highest BCUT2D eigenvalue weighted by Crippen LogP contribution is 2.28. The third-order valence-electron chi connectivity index (χ3n) is 4.08. The van der Waals surface area contributed by atoms with E-state index in [4.69, 9.17) is 5.11 Å². The van der Waals surface area contributed by atoms with Gasteiger partial charge in [0.05, 0.1) is 11.3 Å². The van der Waals surface area contributed by atoms with Crippen molar-refractivity contribution in [1.29, 1.82) is 0 Å². The van der Waals surface area contributed by atoms with E-state index in [1.165, 1.54) is 10.8 Å². The average molecular weight is 350 g/mol. The molecule has 0 atom stereocenters. The van der Waals surface area contributed by atoms with Crippen LogP contribution in [0.2, 0.25) is 0 Å². The van der Waals surface area contributed by atoms with Gasteiger partial charge in [0.25, 0.3) is 5.56 Å². The van der Waals surface area contributed by atoms with Crippen molar-refractivity contribution in [1.82, 2.24) is 29.4 Å². The van der Waals surface area contributed by atoms with E-state index in [0.717, 1.165) is 21.4 Å². The molecule has 3 heterocycles. The summed E-state index contributed by atoms with van der Waals surface area (Å²) in [6.07, 6.45) is 1.86. The molecule has 0 saturated carbocycles. The van der Waals surface area contributed by atoms with Crippen molar-refractivity contribution in [2.24, 2.45) is 0 Å². The van der Waals surface area contributed by atoms with Gasteiger partial charge in [-0.1, -0.05) is 37.3 Å². The highest BCUT2D eigenvalue weighted by atomic mass is 16.4. The van der Waals surface area contributed by atoms with Crippen LogP contribution in [-0.4, -0.2) is 40.4 Å². The lowest BCUT2D eigenvalue weighted by molar-refractivity contribution is -0.137. The topological polar surface area (TPSA) is 115 Å². The van der Waals surface area contributed by atoms with Crippen molar-refractivity contribution in [2.75, 3.05) is 0 Å². The van der Waals surface area contributed by atoms with Gasteiger partial charge in [-0.3, -0.25) is 14.2 Å². The largest absolute Gasteiger partial charge is 0.480 e. The number of carboxylic acid groups (broad SMARTS) is 1. The van der Waals surface area contributed by atoms with E-state index in [1.54, 1.807) is 0 Å². The van der Waals surface area contributed by atoms with Crippen molar-refractivity contribution in [2.45, 2.75) is 19.9 Å². The lowest BCUT2D eigenvalue weighted by atomic mass is 10.0. The van der Waals surface area contributed by atoms with E-state index in [1.807, 2.05) is 37.3 Å². The summed E-state index contributed by atoms with van der Waals surface area (Å²) in [6.45, 7) is 1.49. The number of aryl methyl sites for hydroxylation is 1. The molecule has 1 N–H and O–H groups in total. The Kier molecular flexibility index (Phi) is 3.68. The number of hydrogen-bond donors (Lipinski definition) is 1. The highest BCUT2D eigenvalue weighted by molar-refractivity contribution is 5.83. The predicted octanol–water partition coefficient (Wildman–Crippen LogP) is 1.15. The van der Waals surface area contributed by atoms with Gasteiger partial charge in [-0.25, -0.2) is 4.98 Å². The molecule has 0 bridgehead atoms. The van der Waals surface area contributed by atoms with Crippen LogP contribution in [0.4, 0.5) is 0 Å². The molecule has 0 saturated heterocycles. The maximum atomic E-state index is 12.5. The van der Waals surface area contributed by atoms with Crippen LogP contribution in [0.15, 0.2) is 41.5 Å². The van der Waals surface area contributed by atoms with Crippen molar-refractivity contribution in [3.63, 3.8) is 0 Å². The van der Waals surface area contributed by atoms with Gasteiger partial charge in [-0.15, -0.1) is 10.2 Å². The minimum Gasteiger partial charge on any atom is -0.480 e. The minimum atomic E-state index is -1.14. The second-order valence-corrected chi connectivity index (χ2v) is 5.72. The first-order valence-electron chi connectivity index (χ1n) is 8.00. The Hall–Kier alpha value is -3.62. The van der Waals surface area contributed by atoms with Crippen LogP contribution in [-0.2, 0) is 17.8 Å². The summed E-state index contributed by atoms with van der Waals surface area (Å²) in [5.41, 5.74) is 2.77. The molecule has 9 heteroatoms. The Morgan fingerprint density at radius 2 is 1.92 bits per heavy atom. The Bertz CT molecular complexity index is 1200. The van der Waals surface area contributed by atoms with Gasteiger partial charge in [0.1, 0.15) is 12.9 Å². The Balaban J connectivity index is 2.03. The summed E-state index contributed by atoms with van der Waals surface area (Å²) in [7, 11) is 0. The van der Waals surface area contributed by atoms with Gasteiger partial charge < -0.3 is 5.11 Å². The minimum absolute atomic E-state index is 0.0222. The molecular formula is C17H14N6O3. The maximum Gasteiger partial charge on any atom is 0.323 e. The Morgan fingerprint density at radius 3 is 2.62 bits per heavy atom. The number of carboxylic acids is 1. The summed E-state index contributed by atoms with van der Waals surface area (Å²) in [4.78, 5) is 27.5. The van der Waals surface area contributed by atoms with Gasteiger partial charge in [0.15, 0.2) is 16.8 Å². The zero-order chi connectivity index (χ0) is 18.3. The van der Waals surface area contributed by atoms with Crippen molar-refractivity contribution in [3.05, 3.63) is 52.7 Å². The molecule has 1 aromatic carbocycles. The van der Waals surface area contributed by atoms with Crippen molar-refractivity contribution < 1.29 is 9.90 Å². The normalized spacial score (nSPS) is 11.3. The van der Waals surface area contributed by atoms with E-state index < -0.39 is 18.1 Å². The number of aromatic nitrogens is 6. The molecule has 4 rings (SSSR count). The fraction of sp³-hybridized carbons (Fsp3) is 0.176. The van der Waals surface area contributed by atoms with Gasteiger partial charge in [0.2, 0.25) is 0 Å². The first-order valence-corrected chi connectivity index (χ1v) is 8.00. The molecule has 0 radical (unpaired) electrons. The quantitative estimate of drug-likeness (QED) is 0.587. The molecule has 0 aliphatic carbocycles. The van der Waals surface area contributed by atoms with Crippen LogP contribution in [0, 0.1) is 0 Å². The predicted molar refractivity (Wildman–Crippen MR) is 92.8 cm³/mol. The van der Waals surface area contributed by atoms with Crippen LogP contribution in [0.5, 0.6) is 0 Å². The van der Waals surface area contributed by atoms with Crippen LogP contribution in [0.25, 0.3) is 27.9 Å². The molecule has 0 unspecified atom stereocenters. The summed E-state index contributed by atoms with van der Waals surface area (Å²) >= 11 is 0. The van der Waals surface area contributed by atoms with E-state index >= 15 is 0 Å². The first-order chi connectivity index (χ1) is 12.6. The van der Waals surface area contributed by atoms with E-state index in [0.29, 0.717) is 12.1 Å². The lowest BCUT2D eigenvalue weighted by Crippen LogP contribution is -2.26. The molecular weight excluding hydrogens is 336 g/mol. The van der Waals surface area contributed by atoms with E-state index in [-0.39, 0.29) is 11.2 Å². The molecule has 4 aromatic rings. The second kappa shape index (κ2) is 6.03. The summed E-state index contributed by atoms with van der Waals surface area (Å²) < 4.78 is 2.48. The molecule has 3 aromatic heterocycles. The highest BCUT2D eigenvalue weighted by Gasteiger charge is 2.19. The smallest absolute Gasteiger partial charge is 0.323 e. The number of fused-ring (bicyclic) bond motifs is 3. The fourth-order valence-corrected chi connectivity index (χ4v) is 2.91. The molecule has 9 nitrogen and oxygen atoms in total. The SMILES string of the molecule is CCc1nn2c(nnc3c(=O)n(CC(=O)O)cnc32)c1-c1ccccc1. The Labute approximate surface area is 146 Å². The molecule has 0 amide bonds. The number of aliphatic carboxylic acids is 1. The molecule has 0 aliphatic rings. The number of rotatable bonds is 4. The molecule has 26 heavy (non-hydrogen) atoms. The zero-order valence-corrected chi connectivity index (χ0v) is 13.8. The number of hydrogen-bond acceptors (Lipinski definition) is 6. The zero-order valence-electron chi connectivity index (χ0n) is 13.8. The van der Waals surface area contributed by atoms with E-state index in [2.05, 4.69) is 20.3 Å². The fourth-order valence-electron chi connectivity index (χ4n) is 2.91. The monoisotopic (exact) mass is 350 g/mol. The van der Waals surface area contributed by atoms with E-state index in [9.17, 15) is 9.59 Å². The molecule has 130 valence electrons. The summed E-state index contributed by atoms with van der Waals surface area (Å²) in [5.74, 6) is -1.14. The summed E-state index contributed by atoms with van der Waals surface area (Å²) in [5, 5.41) is 21.6. The van der Waals surface area contributed by atoms with Crippen LogP contribution in [0.3, 0.4) is 0 Å². The van der Waals surface area contributed by atoms with Crippen molar-refractivity contribution >= 4 is 22.8 Å². The average Bonchev–Trinajstić information content (AvgIpc) is 3.03. The molecule has 0 aliphatic heterocycles. The third kappa shape index (κ3) is 2.41. The van der Waals surface area contributed by atoms with Gasteiger partial charge >= 0.3 is 5.97 Å². The van der Waals surface area contributed by atoms with Crippen molar-refractivity contribution in [3.8, 4) is 11.1 Å². The second-order valence-electron chi connectivity index (χ2n) is 5.72. The van der Waals surface area contributed by atoms with Gasteiger partial charge in [-0.2, -0.15) is 9.61 Å². The number of nitrogens with zero attached hydrogens (tertiary/aromatic N) is 6. The standard InChI is InChI=1S/C17H14N6O3/c1-2-11-13(10-6-4-3-5-7-10)15-20-19-14-16(23(15)21-11)18-9-22(17(14)26)8-12(24)25/h3-7,9H,2,8H2,1H3,(H,24,25). The molecule has 0 spiro atoms. The molecule has 0 fully saturated rings. The van der Waals surface area contributed by atoms with Crippen LogP contribution < -0.4 is 5.56 Å².